The molecule has 1 aliphatic rings. The molecule has 1 aliphatic heterocycles. The average Bonchev–Trinajstić information content (AvgIpc) is 3.10. The minimum Gasteiger partial charge on any atom is -0.467 e. The summed E-state index contributed by atoms with van der Waals surface area (Å²) < 4.78 is 5.17. The quantitative estimate of drug-likeness (QED) is 0.804. The van der Waals surface area contributed by atoms with Crippen LogP contribution in [0.1, 0.15) is 41.4 Å². The Balaban J connectivity index is 0.00000169. The van der Waals surface area contributed by atoms with Gasteiger partial charge >= 0.3 is 0 Å². The number of piperidine rings is 1. The summed E-state index contributed by atoms with van der Waals surface area (Å²) in [6.45, 7) is 5.15. The van der Waals surface area contributed by atoms with E-state index in [4.69, 9.17) is 10.2 Å². The third-order valence-electron chi connectivity index (χ3n) is 4.49. The van der Waals surface area contributed by atoms with E-state index in [2.05, 4.69) is 22.1 Å². The molecule has 0 aliphatic carbocycles. The predicted molar refractivity (Wildman–Crippen MR) is 107 cm³/mol. The molecule has 144 valence electrons. The van der Waals surface area contributed by atoms with E-state index in [0.717, 1.165) is 30.4 Å². The van der Waals surface area contributed by atoms with Gasteiger partial charge in [0.15, 0.2) is 0 Å². The molecule has 1 saturated heterocycles. The summed E-state index contributed by atoms with van der Waals surface area (Å²) in [5, 5.41) is 2.86. The smallest absolute Gasteiger partial charge is 0.254 e. The van der Waals surface area contributed by atoms with Gasteiger partial charge in [-0.2, -0.15) is 0 Å². The van der Waals surface area contributed by atoms with Crippen molar-refractivity contribution in [3.8, 4) is 0 Å². The lowest BCUT2D eigenvalue weighted by molar-refractivity contribution is 0.0950. The Morgan fingerprint density at radius 2 is 2.08 bits per heavy atom. The van der Waals surface area contributed by atoms with Crippen LogP contribution >= 0.6 is 24.8 Å². The maximum Gasteiger partial charge on any atom is 0.254 e. The summed E-state index contributed by atoms with van der Waals surface area (Å²) in [4.78, 5) is 18.9. The van der Waals surface area contributed by atoms with Crippen LogP contribution < -0.4 is 16.0 Å². The first-order chi connectivity index (χ1) is 11.7. The molecule has 8 heteroatoms. The van der Waals surface area contributed by atoms with Gasteiger partial charge in [0.05, 0.1) is 12.1 Å². The lowest BCUT2D eigenvalue weighted by Gasteiger charge is -2.31. The standard InChI is InChI=1S/C18H24N4O2.2ClH/c1-13-4-6-22(7-5-13)17-3-2-14(10-20-17)11-21-18(23)15-8-16(9-19)24-12-15;;/h2-3,8,10,12-13H,4-7,9,11,19H2,1H3,(H,21,23);2*1H. The van der Waals surface area contributed by atoms with Crippen LogP contribution in [-0.2, 0) is 13.1 Å². The Bertz CT molecular complexity index is 683. The number of rotatable bonds is 5. The average molecular weight is 401 g/mol. The number of aromatic nitrogens is 1. The molecular weight excluding hydrogens is 375 g/mol. The number of hydrogen-bond donors (Lipinski definition) is 2. The molecule has 2 aromatic heterocycles. The van der Waals surface area contributed by atoms with E-state index in [-0.39, 0.29) is 37.3 Å². The number of carbonyl (C=O) groups is 1. The van der Waals surface area contributed by atoms with E-state index in [0.29, 0.717) is 17.9 Å². The van der Waals surface area contributed by atoms with Crippen molar-refractivity contribution in [2.75, 3.05) is 18.0 Å². The van der Waals surface area contributed by atoms with Crippen molar-refractivity contribution in [1.82, 2.24) is 10.3 Å². The molecule has 0 saturated carbocycles. The molecule has 0 aromatic carbocycles. The molecule has 3 heterocycles. The van der Waals surface area contributed by atoms with Crippen molar-refractivity contribution in [3.05, 3.63) is 47.5 Å². The van der Waals surface area contributed by atoms with Crippen LogP contribution in [0.4, 0.5) is 5.82 Å². The van der Waals surface area contributed by atoms with Gasteiger partial charge in [0.25, 0.3) is 5.91 Å². The van der Waals surface area contributed by atoms with E-state index < -0.39 is 0 Å². The molecule has 0 spiro atoms. The maximum absolute atomic E-state index is 12.1. The topological polar surface area (TPSA) is 84.4 Å². The Labute approximate surface area is 166 Å². The van der Waals surface area contributed by atoms with Gasteiger partial charge in [-0.1, -0.05) is 13.0 Å². The Kier molecular flexibility index (Phi) is 8.92. The molecule has 2 aromatic rings. The molecule has 0 unspecified atom stereocenters. The Hall–Kier alpha value is -1.76. The van der Waals surface area contributed by atoms with Crippen LogP contribution in [0.25, 0.3) is 0 Å². The van der Waals surface area contributed by atoms with Gasteiger partial charge in [0, 0.05) is 25.8 Å². The summed E-state index contributed by atoms with van der Waals surface area (Å²) in [7, 11) is 0. The monoisotopic (exact) mass is 400 g/mol. The maximum atomic E-state index is 12.1. The van der Waals surface area contributed by atoms with Gasteiger partial charge in [-0.15, -0.1) is 24.8 Å². The highest BCUT2D eigenvalue weighted by Gasteiger charge is 2.16. The molecule has 0 radical (unpaired) electrons. The lowest BCUT2D eigenvalue weighted by atomic mass is 9.99. The largest absolute Gasteiger partial charge is 0.467 e. The normalized spacial score (nSPS) is 14.3. The van der Waals surface area contributed by atoms with Crippen LogP contribution in [-0.4, -0.2) is 24.0 Å². The third-order valence-corrected chi connectivity index (χ3v) is 4.49. The summed E-state index contributed by atoms with van der Waals surface area (Å²) in [6, 6.07) is 5.71. The van der Waals surface area contributed by atoms with E-state index >= 15 is 0 Å². The number of nitrogens with zero attached hydrogens (tertiary/aromatic N) is 2. The second-order valence-corrected chi connectivity index (χ2v) is 6.38. The van der Waals surface area contributed by atoms with Crippen LogP contribution in [0, 0.1) is 5.92 Å². The number of pyridine rings is 1. The molecule has 6 nitrogen and oxygen atoms in total. The van der Waals surface area contributed by atoms with Gasteiger partial charge in [-0.3, -0.25) is 4.79 Å². The van der Waals surface area contributed by atoms with Gasteiger partial charge < -0.3 is 20.4 Å². The van der Waals surface area contributed by atoms with E-state index in [9.17, 15) is 4.79 Å². The molecule has 0 bridgehead atoms. The molecule has 0 atom stereocenters. The number of carbonyl (C=O) groups excluding carboxylic acids is 1. The predicted octanol–water partition coefficient (Wildman–Crippen LogP) is 3.14. The number of hydrogen-bond acceptors (Lipinski definition) is 5. The first-order valence-corrected chi connectivity index (χ1v) is 8.41. The number of nitrogens with one attached hydrogen (secondary N) is 1. The van der Waals surface area contributed by atoms with E-state index in [1.807, 2.05) is 18.3 Å². The van der Waals surface area contributed by atoms with Crippen molar-refractivity contribution in [2.24, 2.45) is 11.7 Å². The summed E-state index contributed by atoms with van der Waals surface area (Å²) in [6.07, 6.45) is 5.69. The van der Waals surface area contributed by atoms with Crippen LogP contribution in [0.5, 0.6) is 0 Å². The van der Waals surface area contributed by atoms with Crippen molar-refractivity contribution < 1.29 is 9.21 Å². The van der Waals surface area contributed by atoms with Gasteiger partial charge in [0.2, 0.25) is 0 Å². The highest BCUT2D eigenvalue weighted by atomic mass is 35.5. The molecular formula is C18H26Cl2N4O2. The van der Waals surface area contributed by atoms with E-state index in [1.54, 1.807) is 6.07 Å². The van der Waals surface area contributed by atoms with Crippen LogP contribution in [0.15, 0.2) is 35.1 Å². The van der Waals surface area contributed by atoms with Gasteiger partial charge in [0.1, 0.15) is 17.8 Å². The number of nitrogens with two attached hydrogens (primary N) is 1. The second-order valence-electron chi connectivity index (χ2n) is 6.38. The lowest BCUT2D eigenvalue weighted by Crippen LogP contribution is -2.33. The van der Waals surface area contributed by atoms with Gasteiger partial charge in [-0.05, 0) is 36.5 Å². The number of anilines is 1. The SMILES string of the molecule is CC1CCN(c2ccc(CNC(=O)c3coc(CN)c3)cn2)CC1.Cl.Cl. The van der Waals surface area contributed by atoms with Crippen molar-refractivity contribution >= 4 is 36.5 Å². The molecule has 26 heavy (non-hydrogen) atoms. The molecule has 3 N–H and O–H groups in total. The van der Waals surface area contributed by atoms with E-state index in [1.165, 1.54) is 19.1 Å². The second kappa shape index (κ2) is 10.4. The van der Waals surface area contributed by atoms with Crippen molar-refractivity contribution in [3.63, 3.8) is 0 Å². The fourth-order valence-electron chi connectivity index (χ4n) is 2.84. The zero-order valence-electron chi connectivity index (χ0n) is 14.8. The number of amides is 1. The van der Waals surface area contributed by atoms with Gasteiger partial charge in [-0.25, -0.2) is 4.98 Å². The first kappa shape index (κ1) is 22.3. The number of halogens is 2. The third kappa shape index (κ3) is 5.62. The minimum absolute atomic E-state index is 0. The highest BCUT2D eigenvalue weighted by Crippen LogP contribution is 2.21. The number of furan rings is 1. The first-order valence-electron chi connectivity index (χ1n) is 8.41. The summed E-state index contributed by atoms with van der Waals surface area (Å²) in [5.41, 5.74) is 6.93. The highest BCUT2D eigenvalue weighted by molar-refractivity contribution is 5.93. The van der Waals surface area contributed by atoms with Crippen LogP contribution in [0.2, 0.25) is 0 Å². The molecule has 3 rings (SSSR count). The summed E-state index contributed by atoms with van der Waals surface area (Å²) >= 11 is 0. The van der Waals surface area contributed by atoms with Crippen LogP contribution in [0.3, 0.4) is 0 Å². The van der Waals surface area contributed by atoms with Crippen molar-refractivity contribution in [2.45, 2.75) is 32.9 Å². The molecule has 1 amide bonds. The fourth-order valence-corrected chi connectivity index (χ4v) is 2.84. The summed E-state index contributed by atoms with van der Waals surface area (Å²) in [5.74, 6) is 2.24. The Morgan fingerprint density at radius 3 is 2.65 bits per heavy atom. The van der Waals surface area contributed by atoms with Crippen molar-refractivity contribution in [1.29, 1.82) is 0 Å². The fraction of sp³-hybridized carbons (Fsp3) is 0.444. The Morgan fingerprint density at radius 1 is 1.35 bits per heavy atom. The molecule has 1 fully saturated rings. The zero-order valence-corrected chi connectivity index (χ0v) is 16.4. The minimum atomic E-state index is -0.174. The zero-order chi connectivity index (χ0) is 16.9.